The van der Waals surface area contributed by atoms with E-state index in [2.05, 4.69) is 27.0 Å². The van der Waals surface area contributed by atoms with Crippen molar-refractivity contribution in [3.63, 3.8) is 0 Å². The second-order valence-electron chi connectivity index (χ2n) is 6.91. The molecule has 1 saturated carbocycles. The first-order chi connectivity index (χ1) is 12.8. The lowest BCUT2D eigenvalue weighted by atomic mass is 9.92. The van der Waals surface area contributed by atoms with Crippen molar-refractivity contribution in [2.45, 2.75) is 58.4 Å². The smallest absolute Gasteiger partial charge is 0.253 e. The first kappa shape index (κ1) is 19.3. The fourth-order valence-corrected chi connectivity index (χ4v) is 3.22. The second kappa shape index (κ2) is 7.62. The van der Waals surface area contributed by atoms with Crippen molar-refractivity contribution in [3.05, 3.63) is 35.8 Å². The molecule has 6 nitrogen and oxygen atoms in total. The van der Waals surface area contributed by atoms with Crippen molar-refractivity contribution in [1.29, 1.82) is 0 Å². The van der Waals surface area contributed by atoms with Gasteiger partial charge in [-0.3, -0.25) is 0 Å². The van der Waals surface area contributed by atoms with Gasteiger partial charge in [0.25, 0.3) is 5.95 Å². The summed E-state index contributed by atoms with van der Waals surface area (Å²) in [6.07, 6.45) is 0.569. The minimum atomic E-state index is -2.56. The molecule has 0 radical (unpaired) electrons. The number of hydrogen-bond acceptors (Lipinski definition) is 5. The lowest BCUT2D eigenvalue weighted by Crippen LogP contribution is -2.32. The number of halogens is 2. The number of nitrogens with zero attached hydrogens (tertiary/aromatic N) is 4. The van der Waals surface area contributed by atoms with E-state index in [-0.39, 0.29) is 18.9 Å². The van der Waals surface area contributed by atoms with Gasteiger partial charge in [0.05, 0.1) is 12.3 Å². The highest BCUT2D eigenvalue weighted by Gasteiger charge is 2.35. The van der Waals surface area contributed by atoms with Crippen LogP contribution in [0.1, 0.15) is 49.7 Å². The molecule has 1 aliphatic carbocycles. The minimum Gasteiger partial charge on any atom is -0.492 e. The predicted octanol–water partition coefficient (Wildman–Crippen LogP) is 4.28. The van der Waals surface area contributed by atoms with E-state index in [0.29, 0.717) is 42.7 Å². The van der Waals surface area contributed by atoms with Crippen molar-refractivity contribution in [2.24, 2.45) is 0 Å². The van der Waals surface area contributed by atoms with Gasteiger partial charge in [0.15, 0.2) is 0 Å². The zero-order valence-electron chi connectivity index (χ0n) is 15.9. The lowest BCUT2D eigenvalue weighted by Gasteiger charge is -2.29. The van der Waals surface area contributed by atoms with Crippen molar-refractivity contribution in [2.75, 3.05) is 11.9 Å². The van der Waals surface area contributed by atoms with E-state index in [4.69, 9.17) is 4.74 Å². The van der Waals surface area contributed by atoms with E-state index in [1.807, 2.05) is 26.8 Å². The molecule has 146 valence electrons. The third kappa shape index (κ3) is 4.61. The van der Waals surface area contributed by atoms with Gasteiger partial charge in [0, 0.05) is 30.6 Å². The number of anilines is 1. The topological polar surface area (TPSA) is 64.9 Å². The molecular formula is C19H25F2N5O. The summed E-state index contributed by atoms with van der Waals surface area (Å²) in [6.45, 7) is 10.1. The average molecular weight is 377 g/mol. The predicted molar refractivity (Wildman–Crippen MR) is 100 cm³/mol. The first-order valence-corrected chi connectivity index (χ1v) is 9.16. The molecule has 27 heavy (non-hydrogen) atoms. The molecule has 2 aromatic heterocycles. The van der Waals surface area contributed by atoms with Crippen LogP contribution in [0.5, 0.6) is 0 Å². The molecule has 0 aliphatic heterocycles. The molecule has 0 unspecified atom stereocenters. The fourth-order valence-electron chi connectivity index (χ4n) is 3.22. The Kier molecular flexibility index (Phi) is 5.43. The third-order valence-corrected chi connectivity index (χ3v) is 4.59. The van der Waals surface area contributed by atoms with E-state index < -0.39 is 5.92 Å². The Balaban J connectivity index is 1.90. The zero-order valence-corrected chi connectivity index (χ0v) is 15.9. The van der Waals surface area contributed by atoms with Gasteiger partial charge < -0.3 is 10.1 Å². The molecule has 0 spiro atoms. The minimum absolute atomic E-state index is 0.0546. The summed E-state index contributed by atoms with van der Waals surface area (Å²) in [5.74, 6) is -1.19. The van der Waals surface area contributed by atoms with Crippen LogP contribution in [-0.2, 0) is 4.74 Å². The summed E-state index contributed by atoms with van der Waals surface area (Å²) in [7, 11) is 0. The highest BCUT2D eigenvalue weighted by Crippen LogP contribution is 2.34. The van der Waals surface area contributed by atoms with Crippen LogP contribution >= 0.6 is 0 Å². The largest absolute Gasteiger partial charge is 0.492 e. The van der Waals surface area contributed by atoms with Crippen LogP contribution in [0.3, 0.4) is 0 Å². The molecule has 8 heteroatoms. The lowest BCUT2D eigenvalue weighted by molar-refractivity contribution is -0.0361. The molecule has 2 aromatic rings. The van der Waals surface area contributed by atoms with Crippen LogP contribution < -0.4 is 5.32 Å². The summed E-state index contributed by atoms with van der Waals surface area (Å²) in [4.78, 5) is 9.06. The van der Waals surface area contributed by atoms with Gasteiger partial charge >= 0.3 is 0 Å². The van der Waals surface area contributed by atoms with Crippen molar-refractivity contribution >= 4 is 11.6 Å². The molecule has 1 N–H and O–H groups in total. The number of alkyl halides is 2. The van der Waals surface area contributed by atoms with Crippen LogP contribution in [0.2, 0.25) is 0 Å². The van der Waals surface area contributed by atoms with E-state index >= 15 is 0 Å². The highest BCUT2D eigenvalue weighted by molar-refractivity contribution is 5.58. The van der Waals surface area contributed by atoms with Crippen LogP contribution in [0.25, 0.3) is 11.7 Å². The summed E-state index contributed by atoms with van der Waals surface area (Å²) in [5, 5.41) is 7.70. The summed E-state index contributed by atoms with van der Waals surface area (Å²) < 4.78 is 34.0. The number of hydrogen-bond donors (Lipinski definition) is 1. The van der Waals surface area contributed by atoms with Crippen molar-refractivity contribution in [3.8, 4) is 5.95 Å². The molecule has 0 saturated heterocycles. The maximum atomic E-state index is 13.4. The molecule has 1 fully saturated rings. The number of nitrogens with one attached hydrogen (secondary N) is 1. The molecule has 0 aromatic carbocycles. The van der Waals surface area contributed by atoms with E-state index in [9.17, 15) is 8.78 Å². The number of rotatable bonds is 6. The zero-order chi connectivity index (χ0) is 19.6. The number of ether oxygens (including phenoxy) is 1. The molecule has 0 atom stereocenters. The summed E-state index contributed by atoms with van der Waals surface area (Å²) >= 11 is 0. The summed E-state index contributed by atoms with van der Waals surface area (Å²) in [6, 6.07) is 3.62. The fraction of sp³-hybridized carbons (Fsp3) is 0.526. The van der Waals surface area contributed by atoms with E-state index in [1.165, 1.54) is 0 Å². The SMILES string of the molecule is C=C(OCC)c1cc(NC2CCC(F)(F)CC2)nc(-n2nc(C)cc2C)n1. The van der Waals surface area contributed by atoms with Gasteiger partial charge in [0.2, 0.25) is 5.92 Å². The van der Waals surface area contributed by atoms with Gasteiger partial charge in [-0.15, -0.1) is 0 Å². The maximum absolute atomic E-state index is 13.4. The number of aromatic nitrogens is 4. The normalized spacial score (nSPS) is 16.9. The van der Waals surface area contributed by atoms with Gasteiger partial charge in [-0.05, 0) is 39.7 Å². The van der Waals surface area contributed by atoms with E-state index in [0.717, 1.165) is 11.4 Å². The third-order valence-electron chi connectivity index (χ3n) is 4.59. The summed E-state index contributed by atoms with van der Waals surface area (Å²) in [5.41, 5.74) is 2.29. The van der Waals surface area contributed by atoms with Crippen LogP contribution in [0, 0.1) is 13.8 Å². The van der Waals surface area contributed by atoms with E-state index in [1.54, 1.807) is 10.7 Å². The monoisotopic (exact) mass is 377 g/mol. The molecule has 1 aliphatic rings. The Bertz CT molecular complexity index is 824. The van der Waals surface area contributed by atoms with Crippen LogP contribution in [0.4, 0.5) is 14.6 Å². The highest BCUT2D eigenvalue weighted by atomic mass is 19.3. The van der Waals surface area contributed by atoms with Gasteiger partial charge in [-0.25, -0.2) is 18.4 Å². The quantitative estimate of drug-likeness (QED) is 0.762. The standard InChI is InChI=1S/C19H25F2N5O/c1-5-27-14(4)16-11-17(22-15-6-8-19(20,21)9-7-15)24-18(23-16)26-13(3)10-12(2)25-26/h10-11,15H,4-9H2,1-3H3,(H,22,23,24). The van der Waals surface area contributed by atoms with Gasteiger partial charge in [0.1, 0.15) is 17.3 Å². The Morgan fingerprint density at radius 1 is 1.30 bits per heavy atom. The van der Waals surface area contributed by atoms with Crippen molar-refractivity contribution in [1.82, 2.24) is 19.7 Å². The number of aryl methyl sites for hydroxylation is 2. The molecule has 0 amide bonds. The first-order valence-electron chi connectivity index (χ1n) is 9.16. The van der Waals surface area contributed by atoms with Crippen LogP contribution in [0.15, 0.2) is 18.7 Å². The second-order valence-corrected chi connectivity index (χ2v) is 6.91. The molecule has 2 heterocycles. The molecular weight excluding hydrogens is 352 g/mol. The Labute approximate surface area is 157 Å². The van der Waals surface area contributed by atoms with Crippen LogP contribution in [-0.4, -0.2) is 38.3 Å². The van der Waals surface area contributed by atoms with Gasteiger partial charge in [-0.1, -0.05) is 6.58 Å². The van der Waals surface area contributed by atoms with Crippen molar-refractivity contribution < 1.29 is 13.5 Å². The Morgan fingerprint density at radius 3 is 2.59 bits per heavy atom. The maximum Gasteiger partial charge on any atom is 0.253 e. The average Bonchev–Trinajstić information content (AvgIpc) is 2.95. The Hall–Kier alpha value is -2.51. The van der Waals surface area contributed by atoms with Gasteiger partial charge in [-0.2, -0.15) is 10.1 Å². The molecule has 0 bridgehead atoms. The molecule has 3 rings (SSSR count). The Morgan fingerprint density at radius 2 is 2.00 bits per heavy atom.